The standard InChI is InChI=1S/C23H25BrN2O4/c1-16(23(30)19-14-18(24)10-11-20(19)25-22(23)29)6-5-9-21(28)26(12-13-27)15-17-7-3-2-4-8-17/h2-8,10-11,14,16,27,30H,9,12-13,15H2,1H3,(H,25,29)/b6-5+/t16-,23+/m0/s1. The lowest BCUT2D eigenvalue weighted by molar-refractivity contribution is -0.137. The summed E-state index contributed by atoms with van der Waals surface area (Å²) in [5.41, 5.74) is 0.374. The summed E-state index contributed by atoms with van der Waals surface area (Å²) in [5.74, 6) is -1.16. The van der Waals surface area contributed by atoms with Crippen molar-refractivity contribution in [2.75, 3.05) is 18.5 Å². The Bertz CT molecular complexity index is 947. The van der Waals surface area contributed by atoms with Crippen molar-refractivity contribution in [3.8, 4) is 0 Å². The smallest absolute Gasteiger partial charge is 0.261 e. The van der Waals surface area contributed by atoms with Crippen molar-refractivity contribution in [2.24, 2.45) is 5.92 Å². The van der Waals surface area contributed by atoms with Gasteiger partial charge in [0.25, 0.3) is 5.91 Å². The maximum Gasteiger partial charge on any atom is 0.261 e. The highest BCUT2D eigenvalue weighted by atomic mass is 79.9. The number of halogens is 1. The monoisotopic (exact) mass is 472 g/mol. The van der Waals surface area contributed by atoms with Crippen LogP contribution < -0.4 is 5.32 Å². The second kappa shape index (κ2) is 9.55. The van der Waals surface area contributed by atoms with Crippen molar-refractivity contribution in [1.29, 1.82) is 0 Å². The fourth-order valence-electron chi connectivity index (χ4n) is 3.59. The van der Waals surface area contributed by atoms with E-state index in [1.165, 1.54) is 0 Å². The van der Waals surface area contributed by atoms with Crippen LogP contribution in [-0.4, -0.2) is 40.1 Å². The Labute approximate surface area is 184 Å². The maximum atomic E-state index is 12.6. The fraction of sp³-hybridized carbons (Fsp3) is 0.304. The molecule has 0 spiro atoms. The van der Waals surface area contributed by atoms with Crippen molar-refractivity contribution < 1.29 is 19.8 Å². The number of benzene rings is 2. The average Bonchev–Trinajstić information content (AvgIpc) is 2.99. The number of hydrogen-bond acceptors (Lipinski definition) is 4. The molecule has 0 saturated carbocycles. The van der Waals surface area contributed by atoms with Crippen molar-refractivity contribution in [3.63, 3.8) is 0 Å². The second-order valence-corrected chi connectivity index (χ2v) is 8.27. The van der Waals surface area contributed by atoms with Gasteiger partial charge in [0.15, 0.2) is 5.60 Å². The second-order valence-electron chi connectivity index (χ2n) is 7.36. The highest BCUT2D eigenvalue weighted by Gasteiger charge is 2.48. The molecule has 1 aliphatic heterocycles. The molecule has 7 heteroatoms. The van der Waals surface area contributed by atoms with Gasteiger partial charge >= 0.3 is 0 Å². The van der Waals surface area contributed by atoms with Crippen LogP contribution in [0.4, 0.5) is 5.69 Å². The molecule has 0 saturated heterocycles. The largest absolute Gasteiger partial charge is 0.395 e. The number of aliphatic hydroxyl groups is 2. The van der Waals surface area contributed by atoms with Crippen LogP contribution in [-0.2, 0) is 21.7 Å². The number of nitrogens with zero attached hydrogens (tertiary/aromatic N) is 1. The van der Waals surface area contributed by atoms with Gasteiger partial charge in [-0.3, -0.25) is 9.59 Å². The molecule has 0 unspecified atom stereocenters. The number of nitrogens with one attached hydrogen (secondary N) is 1. The Morgan fingerprint density at radius 3 is 2.70 bits per heavy atom. The lowest BCUT2D eigenvalue weighted by atomic mass is 9.83. The van der Waals surface area contributed by atoms with E-state index in [9.17, 15) is 19.8 Å². The molecule has 3 rings (SSSR count). The Morgan fingerprint density at radius 2 is 2.00 bits per heavy atom. The first kappa shape index (κ1) is 22.2. The third-order valence-electron chi connectivity index (χ3n) is 5.30. The van der Waals surface area contributed by atoms with Crippen LogP contribution in [0.5, 0.6) is 0 Å². The van der Waals surface area contributed by atoms with E-state index in [4.69, 9.17) is 0 Å². The van der Waals surface area contributed by atoms with Crippen molar-refractivity contribution in [2.45, 2.75) is 25.5 Å². The highest BCUT2D eigenvalue weighted by molar-refractivity contribution is 9.10. The molecule has 158 valence electrons. The molecule has 2 aromatic carbocycles. The average molecular weight is 473 g/mol. The van der Waals surface area contributed by atoms with Crippen LogP contribution in [0.25, 0.3) is 0 Å². The van der Waals surface area contributed by atoms with E-state index >= 15 is 0 Å². The van der Waals surface area contributed by atoms with Gasteiger partial charge in [-0.05, 0) is 23.8 Å². The number of amides is 2. The summed E-state index contributed by atoms with van der Waals surface area (Å²) in [7, 11) is 0. The molecule has 30 heavy (non-hydrogen) atoms. The summed E-state index contributed by atoms with van der Waals surface area (Å²) in [4.78, 5) is 26.7. The normalized spacial score (nSPS) is 18.9. The molecule has 2 atom stereocenters. The molecular weight excluding hydrogens is 448 g/mol. The van der Waals surface area contributed by atoms with Crippen LogP contribution in [0.1, 0.15) is 24.5 Å². The Morgan fingerprint density at radius 1 is 1.27 bits per heavy atom. The van der Waals surface area contributed by atoms with E-state index in [1.54, 1.807) is 42.2 Å². The predicted molar refractivity (Wildman–Crippen MR) is 119 cm³/mol. The topological polar surface area (TPSA) is 89.9 Å². The molecule has 0 fully saturated rings. The van der Waals surface area contributed by atoms with Crippen LogP contribution >= 0.6 is 15.9 Å². The van der Waals surface area contributed by atoms with Crippen molar-refractivity contribution >= 4 is 33.4 Å². The fourth-order valence-corrected chi connectivity index (χ4v) is 3.95. The van der Waals surface area contributed by atoms with Crippen molar-refractivity contribution in [1.82, 2.24) is 4.90 Å². The first-order valence-electron chi connectivity index (χ1n) is 9.79. The van der Waals surface area contributed by atoms with E-state index in [0.29, 0.717) is 17.8 Å². The molecule has 0 aromatic heterocycles. The van der Waals surface area contributed by atoms with Gasteiger partial charge in [-0.1, -0.05) is 65.3 Å². The molecule has 3 N–H and O–H groups in total. The lowest BCUT2D eigenvalue weighted by Gasteiger charge is -2.26. The Kier molecular flexibility index (Phi) is 7.07. The van der Waals surface area contributed by atoms with E-state index in [2.05, 4.69) is 21.2 Å². The summed E-state index contributed by atoms with van der Waals surface area (Å²) >= 11 is 3.38. The highest BCUT2D eigenvalue weighted by Crippen LogP contribution is 2.42. The van der Waals surface area contributed by atoms with E-state index < -0.39 is 17.4 Å². The van der Waals surface area contributed by atoms with Crippen LogP contribution in [0.15, 0.2) is 65.2 Å². The van der Waals surface area contributed by atoms with Crippen LogP contribution in [0.3, 0.4) is 0 Å². The van der Waals surface area contributed by atoms with Gasteiger partial charge in [-0.15, -0.1) is 0 Å². The molecule has 0 radical (unpaired) electrons. The summed E-state index contributed by atoms with van der Waals surface area (Å²) < 4.78 is 0.767. The Hall–Kier alpha value is -2.48. The van der Waals surface area contributed by atoms with Crippen molar-refractivity contribution in [3.05, 3.63) is 76.3 Å². The molecule has 0 bridgehead atoms. The van der Waals surface area contributed by atoms with Gasteiger partial charge in [0.05, 0.1) is 6.61 Å². The zero-order chi connectivity index (χ0) is 21.7. The molecule has 2 amide bonds. The number of hydrogen-bond donors (Lipinski definition) is 3. The zero-order valence-electron chi connectivity index (χ0n) is 16.7. The number of aliphatic hydroxyl groups excluding tert-OH is 1. The molecule has 0 aliphatic carbocycles. The quantitative estimate of drug-likeness (QED) is 0.514. The first-order chi connectivity index (χ1) is 14.4. The van der Waals surface area contributed by atoms with Gasteiger partial charge < -0.3 is 20.4 Å². The molecular formula is C23H25BrN2O4. The van der Waals surface area contributed by atoms with Gasteiger partial charge in [-0.25, -0.2) is 0 Å². The van der Waals surface area contributed by atoms with E-state index in [-0.39, 0.29) is 25.5 Å². The molecule has 1 aliphatic rings. The minimum Gasteiger partial charge on any atom is -0.395 e. The summed E-state index contributed by atoms with van der Waals surface area (Å²) in [6, 6.07) is 14.8. The van der Waals surface area contributed by atoms with Gasteiger partial charge in [0.2, 0.25) is 5.91 Å². The third kappa shape index (κ3) is 4.64. The number of anilines is 1. The minimum absolute atomic E-state index is 0.111. The summed E-state index contributed by atoms with van der Waals surface area (Å²) in [6.45, 7) is 2.28. The van der Waals surface area contributed by atoms with Gasteiger partial charge in [-0.2, -0.15) is 0 Å². The first-order valence-corrected chi connectivity index (χ1v) is 10.6. The lowest BCUT2D eigenvalue weighted by Crippen LogP contribution is -2.39. The van der Waals surface area contributed by atoms with Gasteiger partial charge in [0, 0.05) is 41.2 Å². The zero-order valence-corrected chi connectivity index (χ0v) is 18.3. The minimum atomic E-state index is -1.70. The number of carbonyl (C=O) groups is 2. The van der Waals surface area contributed by atoms with Gasteiger partial charge in [0.1, 0.15) is 0 Å². The van der Waals surface area contributed by atoms with Crippen LogP contribution in [0, 0.1) is 5.92 Å². The van der Waals surface area contributed by atoms with Crippen LogP contribution in [0.2, 0.25) is 0 Å². The number of rotatable bonds is 8. The maximum absolute atomic E-state index is 12.6. The third-order valence-corrected chi connectivity index (χ3v) is 5.79. The molecule has 1 heterocycles. The van der Waals surface area contributed by atoms with E-state index in [0.717, 1.165) is 10.0 Å². The SMILES string of the molecule is C[C@@H](/C=C/CC(=O)N(CCO)Cc1ccccc1)[C@]1(O)C(=O)Nc2ccc(Br)cc21. The predicted octanol–water partition coefficient (Wildman–Crippen LogP) is 3.19. The molecule has 2 aromatic rings. The summed E-state index contributed by atoms with van der Waals surface area (Å²) in [5, 5.41) is 23.2. The number of carbonyl (C=O) groups excluding carboxylic acids is 2. The Balaban J connectivity index is 1.68. The number of fused-ring (bicyclic) bond motifs is 1. The molecule has 6 nitrogen and oxygen atoms in total. The van der Waals surface area contributed by atoms with E-state index in [1.807, 2.05) is 30.3 Å². The summed E-state index contributed by atoms with van der Waals surface area (Å²) in [6.07, 6.45) is 3.47.